The van der Waals surface area contributed by atoms with E-state index in [9.17, 15) is 4.79 Å². The Labute approximate surface area is 117 Å². The first-order valence-electron chi connectivity index (χ1n) is 6.14. The Morgan fingerprint density at radius 1 is 1.44 bits per heavy atom. The monoisotopic (exact) mass is 313 g/mol. The summed E-state index contributed by atoms with van der Waals surface area (Å²) in [5.74, 6) is 0.217. The number of carbonyl (C=O) groups is 1. The zero-order valence-electron chi connectivity index (χ0n) is 11.0. The van der Waals surface area contributed by atoms with Crippen molar-refractivity contribution in [1.29, 1.82) is 0 Å². The molecule has 1 amide bonds. The third-order valence-corrected chi connectivity index (χ3v) is 3.93. The third-order valence-electron chi connectivity index (χ3n) is 3.07. The quantitative estimate of drug-likeness (QED) is 0.878. The lowest BCUT2D eigenvalue weighted by Gasteiger charge is -2.22. The van der Waals surface area contributed by atoms with Crippen LogP contribution in [-0.2, 0) is 0 Å². The van der Waals surface area contributed by atoms with Gasteiger partial charge >= 0.3 is 0 Å². The number of aliphatic hydroxyl groups is 1. The van der Waals surface area contributed by atoms with Crippen molar-refractivity contribution in [2.75, 3.05) is 6.61 Å². The SMILES string of the molecule is Cc1c(Br)cccc1C(=O)NC(CCO)C(C)C. The fraction of sp³-hybridized carbons (Fsp3) is 0.500. The zero-order valence-corrected chi connectivity index (χ0v) is 12.6. The van der Waals surface area contributed by atoms with Crippen LogP contribution < -0.4 is 5.32 Å². The maximum Gasteiger partial charge on any atom is 0.251 e. The van der Waals surface area contributed by atoms with Crippen LogP contribution in [0.5, 0.6) is 0 Å². The summed E-state index contributed by atoms with van der Waals surface area (Å²) in [7, 11) is 0. The molecular formula is C14H20BrNO2. The van der Waals surface area contributed by atoms with E-state index in [-0.39, 0.29) is 18.6 Å². The smallest absolute Gasteiger partial charge is 0.251 e. The molecule has 1 rings (SSSR count). The van der Waals surface area contributed by atoms with Gasteiger partial charge in [0.05, 0.1) is 0 Å². The van der Waals surface area contributed by atoms with Crippen LogP contribution in [-0.4, -0.2) is 23.7 Å². The average molecular weight is 314 g/mol. The lowest BCUT2D eigenvalue weighted by molar-refractivity contribution is 0.0916. The molecule has 1 unspecified atom stereocenters. The molecule has 0 radical (unpaired) electrons. The molecule has 0 aliphatic rings. The first kappa shape index (κ1) is 15.2. The van der Waals surface area contributed by atoms with Crippen LogP contribution in [0, 0.1) is 12.8 Å². The summed E-state index contributed by atoms with van der Waals surface area (Å²) < 4.78 is 0.929. The second-order valence-corrected chi connectivity index (χ2v) is 5.60. The highest BCUT2D eigenvalue weighted by molar-refractivity contribution is 9.10. The van der Waals surface area contributed by atoms with E-state index in [0.717, 1.165) is 10.0 Å². The van der Waals surface area contributed by atoms with E-state index in [0.29, 0.717) is 17.9 Å². The van der Waals surface area contributed by atoms with Crippen LogP contribution in [0.1, 0.15) is 36.2 Å². The van der Waals surface area contributed by atoms with Crippen molar-refractivity contribution < 1.29 is 9.90 Å². The second kappa shape index (κ2) is 6.90. The molecule has 0 spiro atoms. The van der Waals surface area contributed by atoms with Crippen molar-refractivity contribution in [2.24, 2.45) is 5.92 Å². The van der Waals surface area contributed by atoms with E-state index >= 15 is 0 Å². The van der Waals surface area contributed by atoms with E-state index in [4.69, 9.17) is 5.11 Å². The van der Waals surface area contributed by atoms with Crippen LogP contribution in [0.25, 0.3) is 0 Å². The van der Waals surface area contributed by atoms with Gasteiger partial charge in [-0.2, -0.15) is 0 Å². The second-order valence-electron chi connectivity index (χ2n) is 4.75. The Balaban J connectivity index is 2.84. The van der Waals surface area contributed by atoms with E-state index in [1.807, 2.05) is 39.0 Å². The van der Waals surface area contributed by atoms with Crippen molar-refractivity contribution in [1.82, 2.24) is 5.32 Å². The molecule has 0 saturated heterocycles. The fourth-order valence-electron chi connectivity index (χ4n) is 1.81. The molecule has 2 N–H and O–H groups in total. The summed E-state index contributed by atoms with van der Waals surface area (Å²) in [6, 6.07) is 5.58. The lowest BCUT2D eigenvalue weighted by Crippen LogP contribution is -2.39. The Bertz CT molecular complexity index is 418. The van der Waals surface area contributed by atoms with Crippen LogP contribution in [0.4, 0.5) is 0 Å². The predicted octanol–water partition coefficient (Wildman–Crippen LogP) is 2.89. The van der Waals surface area contributed by atoms with Crippen LogP contribution in [0.15, 0.2) is 22.7 Å². The number of nitrogens with one attached hydrogen (secondary N) is 1. The van der Waals surface area contributed by atoms with Gasteiger partial charge in [0.1, 0.15) is 0 Å². The number of hydrogen-bond donors (Lipinski definition) is 2. The summed E-state index contributed by atoms with van der Waals surface area (Å²) in [5.41, 5.74) is 1.61. The number of benzene rings is 1. The molecule has 0 aliphatic carbocycles. The maximum atomic E-state index is 12.2. The molecule has 3 nitrogen and oxygen atoms in total. The van der Waals surface area contributed by atoms with Gasteiger partial charge in [0, 0.05) is 22.7 Å². The Morgan fingerprint density at radius 2 is 2.11 bits per heavy atom. The van der Waals surface area contributed by atoms with Crippen molar-refractivity contribution >= 4 is 21.8 Å². The van der Waals surface area contributed by atoms with Gasteiger partial charge < -0.3 is 10.4 Å². The largest absolute Gasteiger partial charge is 0.396 e. The van der Waals surface area contributed by atoms with E-state index in [2.05, 4.69) is 21.2 Å². The van der Waals surface area contributed by atoms with Crippen molar-refractivity contribution in [2.45, 2.75) is 33.2 Å². The minimum atomic E-state index is -0.0825. The summed E-state index contributed by atoms with van der Waals surface area (Å²) in [6.45, 7) is 6.07. The van der Waals surface area contributed by atoms with Crippen molar-refractivity contribution in [3.63, 3.8) is 0 Å². The molecule has 0 aliphatic heterocycles. The van der Waals surface area contributed by atoms with Gasteiger partial charge in [0.15, 0.2) is 0 Å². The molecule has 0 fully saturated rings. The molecule has 0 heterocycles. The Morgan fingerprint density at radius 3 is 2.67 bits per heavy atom. The highest BCUT2D eigenvalue weighted by Gasteiger charge is 2.18. The lowest BCUT2D eigenvalue weighted by atomic mass is 10.00. The van der Waals surface area contributed by atoms with Gasteiger partial charge in [-0.15, -0.1) is 0 Å². The van der Waals surface area contributed by atoms with Gasteiger partial charge in [0.2, 0.25) is 0 Å². The molecule has 100 valence electrons. The molecule has 18 heavy (non-hydrogen) atoms. The number of rotatable bonds is 5. The normalized spacial score (nSPS) is 12.6. The first-order chi connectivity index (χ1) is 8.47. The van der Waals surface area contributed by atoms with E-state index < -0.39 is 0 Å². The Hall–Kier alpha value is -0.870. The molecule has 0 bridgehead atoms. The summed E-state index contributed by atoms with van der Waals surface area (Å²) in [6.07, 6.45) is 0.580. The van der Waals surface area contributed by atoms with Gasteiger partial charge in [-0.25, -0.2) is 0 Å². The summed E-state index contributed by atoms with van der Waals surface area (Å²) in [5, 5.41) is 12.0. The highest BCUT2D eigenvalue weighted by atomic mass is 79.9. The molecular weight excluding hydrogens is 294 g/mol. The highest BCUT2D eigenvalue weighted by Crippen LogP contribution is 2.19. The van der Waals surface area contributed by atoms with E-state index in [1.54, 1.807) is 0 Å². The summed E-state index contributed by atoms with van der Waals surface area (Å²) >= 11 is 3.42. The van der Waals surface area contributed by atoms with Gasteiger partial charge in [-0.1, -0.05) is 35.8 Å². The van der Waals surface area contributed by atoms with Crippen LogP contribution in [0.3, 0.4) is 0 Å². The zero-order chi connectivity index (χ0) is 13.7. The minimum Gasteiger partial charge on any atom is -0.396 e. The molecule has 0 saturated carbocycles. The number of amides is 1. The molecule has 1 aromatic carbocycles. The number of hydrogen-bond acceptors (Lipinski definition) is 2. The number of carbonyl (C=O) groups excluding carboxylic acids is 1. The predicted molar refractivity (Wildman–Crippen MR) is 76.7 cm³/mol. The summed E-state index contributed by atoms with van der Waals surface area (Å²) in [4.78, 5) is 12.2. The Kier molecular flexibility index (Phi) is 5.82. The fourth-order valence-corrected chi connectivity index (χ4v) is 2.18. The van der Waals surface area contributed by atoms with Crippen molar-refractivity contribution in [3.05, 3.63) is 33.8 Å². The molecule has 0 aromatic heterocycles. The average Bonchev–Trinajstić information content (AvgIpc) is 2.31. The van der Waals surface area contributed by atoms with E-state index in [1.165, 1.54) is 0 Å². The third kappa shape index (κ3) is 3.82. The van der Waals surface area contributed by atoms with Gasteiger partial charge in [0.25, 0.3) is 5.91 Å². The minimum absolute atomic E-state index is 0.000816. The van der Waals surface area contributed by atoms with Crippen LogP contribution in [0.2, 0.25) is 0 Å². The number of halogens is 1. The molecule has 1 aromatic rings. The van der Waals surface area contributed by atoms with Gasteiger partial charge in [-0.3, -0.25) is 4.79 Å². The maximum absolute atomic E-state index is 12.2. The van der Waals surface area contributed by atoms with Crippen molar-refractivity contribution in [3.8, 4) is 0 Å². The first-order valence-corrected chi connectivity index (χ1v) is 6.93. The number of aliphatic hydroxyl groups excluding tert-OH is 1. The topological polar surface area (TPSA) is 49.3 Å². The standard InChI is InChI=1S/C14H20BrNO2/c1-9(2)13(7-8-17)16-14(18)11-5-4-6-12(15)10(11)3/h4-6,9,13,17H,7-8H2,1-3H3,(H,16,18). The van der Waals surface area contributed by atoms with Gasteiger partial charge in [-0.05, 0) is 37.0 Å². The molecule has 4 heteroatoms. The molecule has 1 atom stereocenters. The van der Waals surface area contributed by atoms with Crippen LogP contribution >= 0.6 is 15.9 Å².